The highest BCUT2D eigenvalue weighted by atomic mass is 14.5. The number of unbranched alkanes of at least 4 members (excludes halogenated alkanes) is 1. The van der Waals surface area contributed by atoms with Gasteiger partial charge in [0.05, 0.1) is 11.5 Å². The first-order chi connectivity index (χ1) is 6.91. The van der Waals surface area contributed by atoms with E-state index in [4.69, 9.17) is 0 Å². The molecule has 0 aromatic carbocycles. The maximum Gasteiger partial charge on any atom is 0.0687 e. The Balaban J connectivity index is 2.65. The Labute approximate surface area is 94.9 Å². The smallest absolute Gasteiger partial charge is 0.0687 e. The molecule has 1 aliphatic carbocycles. The van der Waals surface area contributed by atoms with E-state index in [1.807, 2.05) is 0 Å². The van der Waals surface area contributed by atoms with Crippen LogP contribution < -0.4 is 0 Å². The summed E-state index contributed by atoms with van der Waals surface area (Å²) in [5, 5.41) is 9.28. The zero-order valence-electron chi connectivity index (χ0n) is 10.8. The molecule has 15 heavy (non-hydrogen) atoms. The third-order valence-electron chi connectivity index (χ3n) is 3.69. The standard InChI is InChI=1S/C14H25N/c1-5-6-7-12-8-13(2,3)10-14(4,9-12)11-15/h12H,5-10H2,1-4H3. The van der Waals surface area contributed by atoms with Crippen LogP contribution >= 0.6 is 0 Å². The number of nitriles is 1. The van der Waals surface area contributed by atoms with Crippen molar-refractivity contribution in [1.82, 2.24) is 0 Å². The lowest BCUT2D eigenvalue weighted by molar-refractivity contribution is 0.0866. The van der Waals surface area contributed by atoms with Crippen molar-refractivity contribution < 1.29 is 0 Å². The lowest BCUT2D eigenvalue weighted by Gasteiger charge is -2.43. The van der Waals surface area contributed by atoms with Crippen LogP contribution in [0.3, 0.4) is 0 Å². The summed E-state index contributed by atoms with van der Waals surface area (Å²) in [5.74, 6) is 0.776. The van der Waals surface area contributed by atoms with Gasteiger partial charge in [-0.3, -0.25) is 0 Å². The maximum atomic E-state index is 9.28. The van der Waals surface area contributed by atoms with Gasteiger partial charge in [-0.25, -0.2) is 0 Å². The van der Waals surface area contributed by atoms with E-state index in [1.165, 1.54) is 25.7 Å². The average Bonchev–Trinajstić information content (AvgIpc) is 2.12. The minimum Gasteiger partial charge on any atom is -0.198 e. The summed E-state index contributed by atoms with van der Waals surface area (Å²) in [5.41, 5.74) is 0.293. The molecule has 2 unspecified atom stereocenters. The number of hydrogen-bond acceptors (Lipinski definition) is 1. The van der Waals surface area contributed by atoms with E-state index in [-0.39, 0.29) is 5.41 Å². The molecule has 1 saturated carbocycles. The third-order valence-corrected chi connectivity index (χ3v) is 3.69. The van der Waals surface area contributed by atoms with Crippen molar-refractivity contribution in [2.45, 2.75) is 66.2 Å². The lowest BCUT2D eigenvalue weighted by atomic mass is 9.60. The van der Waals surface area contributed by atoms with Crippen molar-refractivity contribution in [2.75, 3.05) is 0 Å². The van der Waals surface area contributed by atoms with Crippen molar-refractivity contribution in [3.8, 4) is 6.07 Å². The van der Waals surface area contributed by atoms with Gasteiger partial charge in [-0.2, -0.15) is 5.26 Å². The van der Waals surface area contributed by atoms with Crippen LogP contribution in [0.15, 0.2) is 0 Å². The Morgan fingerprint density at radius 1 is 1.27 bits per heavy atom. The topological polar surface area (TPSA) is 23.8 Å². The van der Waals surface area contributed by atoms with Crippen molar-refractivity contribution in [3.05, 3.63) is 0 Å². The first-order valence-corrected chi connectivity index (χ1v) is 6.32. The minimum atomic E-state index is -0.0693. The van der Waals surface area contributed by atoms with E-state index >= 15 is 0 Å². The molecule has 0 spiro atoms. The molecule has 0 bridgehead atoms. The summed E-state index contributed by atoms with van der Waals surface area (Å²) in [6.07, 6.45) is 7.41. The van der Waals surface area contributed by atoms with Crippen LogP contribution in [-0.4, -0.2) is 0 Å². The molecule has 0 saturated heterocycles. The van der Waals surface area contributed by atoms with E-state index in [0.29, 0.717) is 5.41 Å². The van der Waals surface area contributed by atoms with Gasteiger partial charge in [0.2, 0.25) is 0 Å². The van der Waals surface area contributed by atoms with Gasteiger partial charge in [0.25, 0.3) is 0 Å². The van der Waals surface area contributed by atoms with E-state index < -0.39 is 0 Å². The quantitative estimate of drug-likeness (QED) is 0.667. The van der Waals surface area contributed by atoms with Gasteiger partial charge in [0.1, 0.15) is 0 Å². The van der Waals surface area contributed by atoms with Gasteiger partial charge in [-0.05, 0) is 37.5 Å². The molecule has 86 valence electrons. The number of nitrogens with zero attached hydrogens (tertiary/aromatic N) is 1. The Hall–Kier alpha value is -0.510. The van der Waals surface area contributed by atoms with Crippen LogP contribution in [0.5, 0.6) is 0 Å². The minimum absolute atomic E-state index is 0.0693. The number of rotatable bonds is 3. The zero-order chi connectivity index (χ0) is 11.5. The number of hydrogen-bond donors (Lipinski definition) is 0. The molecule has 0 amide bonds. The first-order valence-electron chi connectivity index (χ1n) is 6.32. The SMILES string of the molecule is CCCCC1CC(C)(C)CC(C)(C#N)C1. The molecule has 0 heterocycles. The second kappa shape index (κ2) is 4.56. The second-order valence-corrected chi connectivity index (χ2v) is 6.43. The maximum absolute atomic E-state index is 9.28. The van der Waals surface area contributed by atoms with Crippen LogP contribution in [0, 0.1) is 28.1 Å². The highest BCUT2D eigenvalue weighted by Crippen LogP contribution is 2.49. The van der Waals surface area contributed by atoms with Gasteiger partial charge in [-0.15, -0.1) is 0 Å². The molecule has 1 nitrogen and oxygen atoms in total. The molecule has 0 aliphatic heterocycles. The van der Waals surface area contributed by atoms with Gasteiger partial charge in [-0.1, -0.05) is 40.0 Å². The Bertz CT molecular complexity index is 249. The van der Waals surface area contributed by atoms with Gasteiger partial charge in [0, 0.05) is 0 Å². The van der Waals surface area contributed by atoms with E-state index in [0.717, 1.165) is 18.8 Å². The fourth-order valence-corrected chi connectivity index (χ4v) is 3.47. The van der Waals surface area contributed by atoms with Crippen molar-refractivity contribution in [2.24, 2.45) is 16.7 Å². The molecule has 0 aromatic heterocycles. The van der Waals surface area contributed by atoms with Crippen LogP contribution in [0.4, 0.5) is 0 Å². The Morgan fingerprint density at radius 2 is 1.93 bits per heavy atom. The van der Waals surface area contributed by atoms with Gasteiger partial charge >= 0.3 is 0 Å². The summed E-state index contributed by atoms with van der Waals surface area (Å²) in [6.45, 7) is 9.03. The van der Waals surface area contributed by atoms with Crippen LogP contribution in [-0.2, 0) is 0 Å². The third kappa shape index (κ3) is 3.52. The van der Waals surface area contributed by atoms with E-state index in [1.54, 1.807) is 0 Å². The predicted octanol–water partition coefficient (Wildman–Crippen LogP) is 4.53. The largest absolute Gasteiger partial charge is 0.198 e. The average molecular weight is 207 g/mol. The highest BCUT2D eigenvalue weighted by molar-refractivity contribution is 5.03. The molecular formula is C14H25N. The molecule has 0 radical (unpaired) electrons. The fraction of sp³-hybridized carbons (Fsp3) is 0.929. The summed E-state index contributed by atoms with van der Waals surface area (Å²) in [4.78, 5) is 0. The van der Waals surface area contributed by atoms with Crippen molar-refractivity contribution in [3.63, 3.8) is 0 Å². The molecule has 1 rings (SSSR count). The molecule has 1 aliphatic rings. The summed E-state index contributed by atoms with van der Waals surface area (Å²) >= 11 is 0. The van der Waals surface area contributed by atoms with E-state index in [2.05, 4.69) is 33.8 Å². The Morgan fingerprint density at radius 3 is 2.47 bits per heavy atom. The second-order valence-electron chi connectivity index (χ2n) is 6.43. The molecule has 2 atom stereocenters. The summed E-state index contributed by atoms with van der Waals surface area (Å²) in [6, 6.07) is 2.54. The molecule has 0 N–H and O–H groups in total. The predicted molar refractivity (Wildman–Crippen MR) is 64.4 cm³/mol. The molecule has 0 aromatic rings. The highest BCUT2D eigenvalue weighted by Gasteiger charge is 2.40. The van der Waals surface area contributed by atoms with Crippen molar-refractivity contribution in [1.29, 1.82) is 5.26 Å². The fourth-order valence-electron chi connectivity index (χ4n) is 3.47. The molecule has 1 fully saturated rings. The molecular weight excluding hydrogens is 182 g/mol. The normalized spacial score (nSPS) is 34.7. The van der Waals surface area contributed by atoms with Crippen LogP contribution in [0.1, 0.15) is 66.2 Å². The lowest BCUT2D eigenvalue weighted by Crippen LogP contribution is -2.34. The zero-order valence-corrected chi connectivity index (χ0v) is 10.8. The van der Waals surface area contributed by atoms with Crippen molar-refractivity contribution >= 4 is 0 Å². The van der Waals surface area contributed by atoms with E-state index in [9.17, 15) is 5.26 Å². The van der Waals surface area contributed by atoms with Gasteiger partial charge < -0.3 is 0 Å². The summed E-state index contributed by atoms with van der Waals surface area (Å²) < 4.78 is 0. The van der Waals surface area contributed by atoms with Crippen LogP contribution in [0.2, 0.25) is 0 Å². The first kappa shape index (κ1) is 12.6. The molecule has 1 heteroatoms. The van der Waals surface area contributed by atoms with Crippen LogP contribution in [0.25, 0.3) is 0 Å². The van der Waals surface area contributed by atoms with Gasteiger partial charge in [0.15, 0.2) is 0 Å². The monoisotopic (exact) mass is 207 g/mol. The summed E-state index contributed by atoms with van der Waals surface area (Å²) in [7, 11) is 0. The Kier molecular flexibility index (Phi) is 3.82.